The molecule has 0 atom stereocenters. The highest BCUT2D eigenvalue weighted by Crippen LogP contribution is 2.31. The molecule has 0 fully saturated rings. The van der Waals surface area contributed by atoms with Crippen LogP contribution >= 0.6 is 22.9 Å². The smallest absolute Gasteiger partial charge is 0.230 e. The number of rotatable bonds is 5. The third-order valence-electron chi connectivity index (χ3n) is 4.27. The first-order valence-corrected chi connectivity index (χ1v) is 10.2. The van der Waals surface area contributed by atoms with Crippen LogP contribution in [0.1, 0.15) is 5.56 Å². The third kappa shape index (κ3) is 4.62. The SMILES string of the molecule is Nc1ccc(-c2cnc(NC(=O)Cc3ccc(Cl)cc3)c(-c3cccs3)n2)cc1. The van der Waals surface area contributed by atoms with Crippen molar-refractivity contribution in [3.05, 3.63) is 82.8 Å². The molecule has 4 rings (SSSR count). The number of benzene rings is 2. The first-order chi connectivity index (χ1) is 14.1. The van der Waals surface area contributed by atoms with Gasteiger partial charge in [0.1, 0.15) is 5.69 Å². The standard InChI is InChI=1S/C22H17ClN4OS/c23-16-7-3-14(4-8-16)12-20(28)27-22-21(19-2-1-11-29-19)26-18(13-25-22)15-5-9-17(24)10-6-15/h1-11,13H,12,24H2,(H,25,27,28). The van der Waals surface area contributed by atoms with Gasteiger partial charge in [-0.3, -0.25) is 4.79 Å². The summed E-state index contributed by atoms with van der Waals surface area (Å²) in [5, 5.41) is 5.49. The monoisotopic (exact) mass is 420 g/mol. The zero-order valence-corrected chi connectivity index (χ0v) is 16.9. The Morgan fingerprint density at radius 2 is 1.83 bits per heavy atom. The van der Waals surface area contributed by atoms with Crippen molar-refractivity contribution >= 4 is 40.4 Å². The average Bonchev–Trinajstić information content (AvgIpc) is 3.25. The van der Waals surface area contributed by atoms with Crippen LogP contribution in [-0.4, -0.2) is 15.9 Å². The lowest BCUT2D eigenvalue weighted by Crippen LogP contribution is -2.16. The number of anilines is 2. The predicted molar refractivity (Wildman–Crippen MR) is 119 cm³/mol. The minimum atomic E-state index is -0.167. The average molecular weight is 421 g/mol. The van der Waals surface area contributed by atoms with E-state index < -0.39 is 0 Å². The summed E-state index contributed by atoms with van der Waals surface area (Å²) in [6.45, 7) is 0. The Morgan fingerprint density at radius 1 is 1.07 bits per heavy atom. The molecule has 0 spiro atoms. The summed E-state index contributed by atoms with van der Waals surface area (Å²) in [6, 6.07) is 18.5. The van der Waals surface area contributed by atoms with Crippen LogP contribution in [0.25, 0.3) is 21.8 Å². The van der Waals surface area contributed by atoms with Crippen LogP contribution in [0, 0.1) is 0 Å². The first kappa shape index (κ1) is 19.1. The zero-order chi connectivity index (χ0) is 20.2. The lowest BCUT2D eigenvalue weighted by molar-refractivity contribution is -0.115. The summed E-state index contributed by atoms with van der Waals surface area (Å²) < 4.78 is 0. The number of thiophene rings is 1. The lowest BCUT2D eigenvalue weighted by Gasteiger charge is -2.11. The number of carbonyl (C=O) groups excluding carboxylic acids is 1. The highest BCUT2D eigenvalue weighted by atomic mass is 35.5. The van der Waals surface area contributed by atoms with Gasteiger partial charge >= 0.3 is 0 Å². The summed E-state index contributed by atoms with van der Waals surface area (Å²) >= 11 is 7.45. The van der Waals surface area contributed by atoms with Gasteiger partial charge in [0.25, 0.3) is 0 Å². The van der Waals surface area contributed by atoms with Crippen LogP contribution in [-0.2, 0) is 11.2 Å². The fourth-order valence-electron chi connectivity index (χ4n) is 2.82. The van der Waals surface area contributed by atoms with Crippen molar-refractivity contribution in [2.45, 2.75) is 6.42 Å². The van der Waals surface area contributed by atoms with E-state index in [1.807, 2.05) is 53.9 Å². The van der Waals surface area contributed by atoms with Gasteiger partial charge in [-0.2, -0.15) is 0 Å². The molecule has 0 unspecified atom stereocenters. The number of nitrogens with one attached hydrogen (secondary N) is 1. The van der Waals surface area contributed by atoms with Gasteiger partial charge in [-0.15, -0.1) is 11.3 Å². The van der Waals surface area contributed by atoms with Crippen molar-refractivity contribution < 1.29 is 4.79 Å². The number of nitrogen functional groups attached to an aromatic ring is 1. The second-order valence-electron chi connectivity index (χ2n) is 6.40. The topological polar surface area (TPSA) is 80.9 Å². The molecule has 5 nitrogen and oxygen atoms in total. The van der Waals surface area contributed by atoms with E-state index in [0.717, 1.165) is 16.0 Å². The van der Waals surface area contributed by atoms with Crippen molar-refractivity contribution in [2.24, 2.45) is 0 Å². The first-order valence-electron chi connectivity index (χ1n) is 8.89. The summed E-state index contributed by atoms with van der Waals surface area (Å²) in [4.78, 5) is 22.7. The molecule has 0 saturated heterocycles. The number of carbonyl (C=O) groups is 1. The quantitative estimate of drug-likeness (QED) is 0.430. The normalized spacial score (nSPS) is 10.7. The Hall–Kier alpha value is -3.22. The number of nitrogens with zero attached hydrogens (tertiary/aromatic N) is 2. The van der Waals surface area contributed by atoms with Crippen LogP contribution in [0.4, 0.5) is 11.5 Å². The molecule has 144 valence electrons. The molecular formula is C22H17ClN4OS. The molecular weight excluding hydrogens is 404 g/mol. The molecule has 4 aromatic rings. The van der Waals surface area contributed by atoms with Crippen LogP contribution in [0.5, 0.6) is 0 Å². The maximum absolute atomic E-state index is 12.6. The Labute approximate surface area is 177 Å². The number of hydrogen-bond donors (Lipinski definition) is 2. The molecule has 0 aliphatic rings. The van der Waals surface area contributed by atoms with Gasteiger partial charge in [-0.05, 0) is 41.3 Å². The third-order valence-corrected chi connectivity index (χ3v) is 5.40. The molecule has 3 N–H and O–H groups in total. The van der Waals surface area contributed by atoms with Crippen LogP contribution < -0.4 is 11.1 Å². The van der Waals surface area contributed by atoms with Crippen molar-refractivity contribution in [3.8, 4) is 21.8 Å². The minimum absolute atomic E-state index is 0.167. The molecule has 29 heavy (non-hydrogen) atoms. The molecule has 7 heteroatoms. The van der Waals surface area contributed by atoms with Crippen LogP contribution in [0.3, 0.4) is 0 Å². The van der Waals surface area contributed by atoms with Crippen LogP contribution in [0.15, 0.2) is 72.2 Å². The molecule has 2 aromatic heterocycles. The largest absolute Gasteiger partial charge is 0.399 e. The van der Waals surface area contributed by atoms with E-state index in [4.69, 9.17) is 22.3 Å². The summed E-state index contributed by atoms with van der Waals surface area (Å²) in [7, 11) is 0. The van der Waals surface area contributed by atoms with Crippen molar-refractivity contribution in [2.75, 3.05) is 11.1 Å². The number of nitrogens with two attached hydrogens (primary N) is 1. The van der Waals surface area contributed by atoms with E-state index in [0.29, 0.717) is 27.9 Å². The minimum Gasteiger partial charge on any atom is -0.399 e. The molecule has 2 aromatic carbocycles. The van der Waals surface area contributed by atoms with Gasteiger partial charge in [0.05, 0.1) is 23.2 Å². The van der Waals surface area contributed by atoms with E-state index >= 15 is 0 Å². The number of amides is 1. The summed E-state index contributed by atoms with van der Waals surface area (Å²) in [6.07, 6.45) is 1.88. The van der Waals surface area contributed by atoms with Gasteiger partial charge in [-0.1, -0.05) is 41.9 Å². The van der Waals surface area contributed by atoms with E-state index in [1.165, 1.54) is 0 Å². The van der Waals surface area contributed by atoms with E-state index in [9.17, 15) is 4.79 Å². The number of aromatic nitrogens is 2. The van der Waals surface area contributed by atoms with Crippen molar-refractivity contribution in [3.63, 3.8) is 0 Å². The maximum atomic E-state index is 12.6. The molecule has 0 saturated carbocycles. The number of halogens is 1. The van der Waals surface area contributed by atoms with Crippen molar-refractivity contribution in [1.29, 1.82) is 0 Å². The molecule has 2 heterocycles. The molecule has 0 aliphatic carbocycles. The van der Waals surface area contributed by atoms with Gasteiger partial charge in [0.15, 0.2) is 5.82 Å². The Bertz CT molecular complexity index is 1130. The van der Waals surface area contributed by atoms with E-state index in [-0.39, 0.29) is 12.3 Å². The zero-order valence-electron chi connectivity index (χ0n) is 15.3. The fourth-order valence-corrected chi connectivity index (χ4v) is 3.66. The second-order valence-corrected chi connectivity index (χ2v) is 7.79. The van der Waals surface area contributed by atoms with Gasteiger partial charge in [0.2, 0.25) is 5.91 Å². The number of hydrogen-bond acceptors (Lipinski definition) is 5. The van der Waals surface area contributed by atoms with Crippen LogP contribution in [0.2, 0.25) is 5.02 Å². The van der Waals surface area contributed by atoms with Crippen molar-refractivity contribution in [1.82, 2.24) is 9.97 Å². The summed E-state index contributed by atoms with van der Waals surface area (Å²) in [5.74, 6) is 0.269. The van der Waals surface area contributed by atoms with E-state index in [2.05, 4.69) is 10.3 Å². The summed E-state index contributed by atoms with van der Waals surface area (Å²) in [5.41, 5.74) is 9.59. The molecule has 0 aliphatic heterocycles. The second kappa shape index (κ2) is 8.43. The van der Waals surface area contributed by atoms with Gasteiger partial charge < -0.3 is 11.1 Å². The maximum Gasteiger partial charge on any atom is 0.230 e. The lowest BCUT2D eigenvalue weighted by atomic mass is 10.1. The van der Waals surface area contributed by atoms with Gasteiger partial charge in [-0.25, -0.2) is 9.97 Å². The Morgan fingerprint density at radius 3 is 2.52 bits per heavy atom. The fraction of sp³-hybridized carbons (Fsp3) is 0.0455. The molecule has 0 radical (unpaired) electrons. The molecule has 0 bridgehead atoms. The predicted octanol–water partition coefficient (Wildman–Crippen LogP) is 5.29. The van der Waals surface area contributed by atoms with E-state index in [1.54, 1.807) is 29.7 Å². The van der Waals surface area contributed by atoms with Gasteiger partial charge in [0, 0.05) is 16.3 Å². The highest BCUT2D eigenvalue weighted by Gasteiger charge is 2.15. The molecule has 1 amide bonds. The highest BCUT2D eigenvalue weighted by molar-refractivity contribution is 7.13. The Kier molecular flexibility index (Phi) is 5.55. The Balaban J connectivity index is 1.62.